The molecule has 1 fully saturated rings. The SMILES string of the molecule is CC1(C(=O)O)CCCN1C(=O)Cn1cnc2ccccc2c1=O. The van der Waals surface area contributed by atoms with Crippen LogP contribution in [0.15, 0.2) is 35.4 Å². The van der Waals surface area contributed by atoms with Gasteiger partial charge in [-0.15, -0.1) is 0 Å². The maximum Gasteiger partial charge on any atom is 0.329 e. The van der Waals surface area contributed by atoms with Crippen molar-refractivity contribution in [2.45, 2.75) is 31.8 Å². The summed E-state index contributed by atoms with van der Waals surface area (Å²) in [6.45, 7) is 1.72. The first-order valence-electron chi connectivity index (χ1n) is 7.41. The van der Waals surface area contributed by atoms with Crippen molar-refractivity contribution >= 4 is 22.8 Å². The van der Waals surface area contributed by atoms with Crippen LogP contribution < -0.4 is 5.56 Å². The van der Waals surface area contributed by atoms with Crippen LogP contribution in [0.3, 0.4) is 0 Å². The van der Waals surface area contributed by atoms with Gasteiger partial charge in [-0.1, -0.05) is 12.1 Å². The topological polar surface area (TPSA) is 92.5 Å². The first-order valence-corrected chi connectivity index (χ1v) is 7.41. The second-order valence-electron chi connectivity index (χ2n) is 5.92. The molecule has 23 heavy (non-hydrogen) atoms. The molecule has 120 valence electrons. The number of rotatable bonds is 3. The number of benzene rings is 1. The van der Waals surface area contributed by atoms with Crippen molar-refractivity contribution in [2.24, 2.45) is 0 Å². The van der Waals surface area contributed by atoms with Crippen LogP contribution in [0.2, 0.25) is 0 Å². The zero-order valence-corrected chi connectivity index (χ0v) is 12.7. The Labute approximate surface area is 132 Å². The largest absolute Gasteiger partial charge is 0.480 e. The van der Waals surface area contributed by atoms with Gasteiger partial charge in [-0.3, -0.25) is 14.2 Å². The summed E-state index contributed by atoms with van der Waals surface area (Å²) in [7, 11) is 0. The maximum absolute atomic E-state index is 12.5. The highest BCUT2D eigenvalue weighted by molar-refractivity contribution is 5.87. The van der Waals surface area contributed by atoms with Gasteiger partial charge in [0.2, 0.25) is 5.91 Å². The lowest BCUT2D eigenvalue weighted by molar-refractivity contribution is -0.155. The van der Waals surface area contributed by atoms with Gasteiger partial charge in [0.25, 0.3) is 5.56 Å². The Morgan fingerprint density at radius 1 is 1.35 bits per heavy atom. The van der Waals surface area contributed by atoms with E-state index in [2.05, 4.69) is 4.98 Å². The lowest BCUT2D eigenvalue weighted by Gasteiger charge is -2.31. The highest BCUT2D eigenvalue weighted by Crippen LogP contribution is 2.29. The van der Waals surface area contributed by atoms with Crippen molar-refractivity contribution in [3.63, 3.8) is 0 Å². The summed E-state index contributed by atoms with van der Waals surface area (Å²) in [5.41, 5.74) is -0.941. The van der Waals surface area contributed by atoms with Crippen LogP contribution in [0.5, 0.6) is 0 Å². The number of fused-ring (bicyclic) bond motifs is 1. The minimum atomic E-state index is -1.20. The maximum atomic E-state index is 12.5. The molecule has 0 bridgehead atoms. The Kier molecular flexibility index (Phi) is 3.63. The molecule has 1 aliphatic heterocycles. The van der Waals surface area contributed by atoms with Crippen molar-refractivity contribution in [1.29, 1.82) is 0 Å². The number of nitrogens with zero attached hydrogens (tertiary/aromatic N) is 3. The minimum absolute atomic E-state index is 0.209. The lowest BCUT2D eigenvalue weighted by Crippen LogP contribution is -2.52. The second kappa shape index (κ2) is 5.49. The molecule has 0 radical (unpaired) electrons. The van der Waals surface area contributed by atoms with Crippen LogP contribution in [0, 0.1) is 0 Å². The summed E-state index contributed by atoms with van der Waals surface area (Å²) < 4.78 is 1.23. The molecule has 3 rings (SSSR count). The molecular formula is C16H17N3O4. The van der Waals surface area contributed by atoms with E-state index >= 15 is 0 Å². The van der Waals surface area contributed by atoms with Gasteiger partial charge in [0.15, 0.2) is 0 Å². The van der Waals surface area contributed by atoms with Gasteiger partial charge < -0.3 is 10.0 Å². The average molecular weight is 315 g/mol. The normalized spacial score (nSPS) is 20.8. The van der Waals surface area contributed by atoms with Crippen molar-refractivity contribution in [1.82, 2.24) is 14.5 Å². The molecule has 1 atom stereocenters. The first-order chi connectivity index (χ1) is 10.9. The third kappa shape index (κ3) is 2.48. The Bertz CT molecular complexity index is 845. The van der Waals surface area contributed by atoms with Gasteiger partial charge in [0.1, 0.15) is 12.1 Å². The smallest absolute Gasteiger partial charge is 0.329 e. The zero-order chi connectivity index (χ0) is 16.6. The van der Waals surface area contributed by atoms with Crippen molar-refractivity contribution in [2.75, 3.05) is 6.54 Å². The summed E-state index contributed by atoms with van der Waals surface area (Å²) in [5.74, 6) is -1.40. The average Bonchev–Trinajstić information content (AvgIpc) is 2.94. The fourth-order valence-electron chi connectivity index (χ4n) is 3.04. The van der Waals surface area contributed by atoms with E-state index in [0.717, 1.165) is 0 Å². The van der Waals surface area contributed by atoms with Crippen molar-refractivity contribution in [3.05, 3.63) is 40.9 Å². The number of para-hydroxylation sites is 1. The van der Waals surface area contributed by atoms with Crippen LogP contribution >= 0.6 is 0 Å². The van der Waals surface area contributed by atoms with Gasteiger partial charge in [-0.25, -0.2) is 9.78 Å². The lowest BCUT2D eigenvalue weighted by atomic mass is 9.99. The molecule has 1 amide bonds. The number of carboxylic acid groups (broad SMARTS) is 1. The molecular weight excluding hydrogens is 298 g/mol. The predicted octanol–water partition coefficient (Wildman–Crippen LogP) is 0.862. The van der Waals surface area contributed by atoms with E-state index in [1.54, 1.807) is 31.2 Å². The third-order valence-electron chi connectivity index (χ3n) is 4.44. The van der Waals surface area contributed by atoms with Gasteiger partial charge in [0, 0.05) is 6.54 Å². The monoisotopic (exact) mass is 315 g/mol. The number of carboxylic acids is 1. The highest BCUT2D eigenvalue weighted by atomic mass is 16.4. The number of aliphatic carboxylic acids is 1. The zero-order valence-electron chi connectivity index (χ0n) is 12.7. The minimum Gasteiger partial charge on any atom is -0.480 e. The number of carbonyl (C=O) groups is 2. The van der Waals surface area contributed by atoms with Gasteiger partial charge in [0.05, 0.1) is 17.2 Å². The van der Waals surface area contributed by atoms with Crippen LogP contribution in [0.4, 0.5) is 0 Å². The van der Waals surface area contributed by atoms with Crippen LogP contribution in [0.25, 0.3) is 10.9 Å². The fraction of sp³-hybridized carbons (Fsp3) is 0.375. The quantitative estimate of drug-likeness (QED) is 0.907. The standard InChI is InChI=1S/C16H17N3O4/c1-16(15(22)23)7-4-8-19(16)13(20)9-18-10-17-12-6-3-2-5-11(12)14(18)21/h2-3,5-6,10H,4,7-9H2,1H3,(H,22,23). The molecule has 0 saturated carbocycles. The number of aromatic nitrogens is 2. The second-order valence-corrected chi connectivity index (χ2v) is 5.92. The predicted molar refractivity (Wildman–Crippen MR) is 83.0 cm³/mol. The molecule has 1 aromatic heterocycles. The molecule has 7 nitrogen and oxygen atoms in total. The van der Waals surface area contributed by atoms with E-state index < -0.39 is 11.5 Å². The van der Waals surface area contributed by atoms with Crippen molar-refractivity contribution < 1.29 is 14.7 Å². The van der Waals surface area contributed by atoms with E-state index in [-0.39, 0.29) is 18.0 Å². The van der Waals surface area contributed by atoms with E-state index in [9.17, 15) is 19.5 Å². The fourth-order valence-corrected chi connectivity index (χ4v) is 3.04. The van der Waals surface area contributed by atoms with Crippen LogP contribution in [-0.2, 0) is 16.1 Å². The Balaban J connectivity index is 1.90. The van der Waals surface area contributed by atoms with E-state index in [4.69, 9.17) is 0 Å². The molecule has 0 spiro atoms. The molecule has 2 aromatic rings. The van der Waals surface area contributed by atoms with E-state index in [1.165, 1.54) is 15.8 Å². The highest BCUT2D eigenvalue weighted by Gasteiger charge is 2.45. The Morgan fingerprint density at radius 2 is 2.09 bits per heavy atom. The third-order valence-corrected chi connectivity index (χ3v) is 4.44. The van der Waals surface area contributed by atoms with Crippen LogP contribution in [-0.4, -0.2) is 43.5 Å². The summed E-state index contributed by atoms with van der Waals surface area (Å²) in [5, 5.41) is 9.81. The van der Waals surface area contributed by atoms with E-state index in [1.807, 2.05) is 0 Å². The van der Waals surface area contributed by atoms with Gasteiger partial charge in [-0.2, -0.15) is 0 Å². The molecule has 0 aliphatic carbocycles. The Hall–Kier alpha value is -2.70. The number of hydrogen-bond donors (Lipinski definition) is 1. The van der Waals surface area contributed by atoms with Gasteiger partial charge >= 0.3 is 5.97 Å². The number of carbonyl (C=O) groups excluding carboxylic acids is 1. The van der Waals surface area contributed by atoms with Crippen molar-refractivity contribution in [3.8, 4) is 0 Å². The molecule has 1 aromatic carbocycles. The number of hydrogen-bond acceptors (Lipinski definition) is 4. The summed E-state index contributed by atoms with van der Waals surface area (Å²) >= 11 is 0. The number of amides is 1. The molecule has 2 heterocycles. The summed E-state index contributed by atoms with van der Waals surface area (Å²) in [6, 6.07) is 6.90. The first kappa shape index (κ1) is 15.2. The summed E-state index contributed by atoms with van der Waals surface area (Å²) in [6.07, 6.45) is 2.38. The molecule has 1 unspecified atom stereocenters. The molecule has 1 aliphatic rings. The van der Waals surface area contributed by atoms with Crippen LogP contribution in [0.1, 0.15) is 19.8 Å². The van der Waals surface area contributed by atoms with Gasteiger partial charge in [-0.05, 0) is 31.9 Å². The molecule has 7 heteroatoms. The summed E-state index contributed by atoms with van der Waals surface area (Å²) in [4.78, 5) is 41.9. The van der Waals surface area contributed by atoms with E-state index in [0.29, 0.717) is 30.3 Å². The number of likely N-dealkylation sites (tertiary alicyclic amines) is 1. The Morgan fingerprint density at radius 3 is 2.83 bits per heavy atom. The molecule has 1 N–H and O–H groups in total. The molecule has 1 saturated heterocycles.